The zero-order chi connectivity index (χ0) is 19.9. The highest BCUT2D eigenvalue weighted by molar-refractivity contribution is 5.81. The number of rotatable bonds is 14. The zero-order valence-corrected chi connectivity index (χ0v) is 15.8. The summed E-state index contributed by atoms with van der Waals surface area (Å²) in [6, 6.07) is 9.44. The molecule has 0 radical (unpaired) electrons. The molecule has 0 aromatic heterocycles. The van der Waals surface area contributed by atoms with Crippen LogP contribution in [0.3, 0.4) is 0 Å². The van der Waals surface area contributed by atoms with Gasteiger partial charge in [0, 0.05) is 12.0 Å². The molecule has 6 nitrogen and oxygen atoms in total. The molecule has 0 amide bonds. The normalized spacial score (nSPS) is 12.6. The van der Waals surface area contributed by atoms with Crippen LogP contribution in [0, 0.1) is 0 Å². The third kappa shape index (κ3) is 9.17. The Kier molecular flexibility index (Phi) is 11.5. The lowest BCUT2D eigenvalue weighted by Gasteiger charge is -2.22. The lowest BCUT2D eigenvalue weighted by Crippen LogP contribution is -2.30. The fourth-order valence-corrected chi connectivity index (χ4v) is 2.28. The number of benzene rings is 1. The van der Waals surface area contributed by atoms with Gasteiger partial charge in [0.05, 0.1) is 13.2 Å². The minimum atomic E-state index is -0.950. The van der Waals surface area contributed by atoms with Crippen molar-refractivity contribution in [1.82, 2.24) is 0 Å². The monoisotopic (exact) mass is 376 g/mol. The van der Waals surface area contributed by atoms with E-state index in [-0.39, 0.29) is 25.6 Å². The molecule has 0 saturated carbocycles. The number of unbranched alkanes of at least 4 members (excludes halogenated alkanes) is 1. The second kappa shape index (κ2) is 13.7. The lowest BCUT2D eigenvalue weighted by molar-refractivity contribution is -0.315. The van der Waals surface area contributed by atoms with Crippen molar-refractivity contribution in [3.8, 4) is 0 Å². The Bertz CT molecular complexity index is 584. The average molecular weight is 376 g/mol. The number of esters is 2. The molecule has 0 aliphatic carbocycles. The molecule has 0 N–H and O–H groups in total. The minimum absolute atomic E-state index is 0.0818. The van der Waals surface area contributed by atoms with Crippen LogP contribution >= 0.6 is 0 Å². The van der Waals surface area contributed by atoms with E-state index in [2.05, 4.69) is 13.2 Å². The first-order valence-electron chi connectivity index (χ1n) is 9.02. The summed E-state index contributed by atoms with van der Waals surface area (Å²) >= 11 is 0. The second-order valence-electron chi connectivity index (χ2n) is 5.86. The standard InChI is InChI=1S/C21H28O6/c1-4-7-14-24-21(23)19(27-26-13-5-2)15-18(16-25-20(22)6-3)17-11-9-8-10-12-17/h5-6,8-12,18-19H,2-4,7,13-16H2,1H3. The Morgan fingerprint density at radius 3 is 2.52 bits per heavy atom. The first kappa shape index (κ1) is 22.6. The Morgan fingerprint density at radius 2 is 1.89 bits per heavy atom. The molecule has 6 heteroatoms. The maximum atomic E-state index is 12.4. The average Bonchev–Trinajstić information content (AvgIpc) is 2.70. The van der Waals surface area contributed by atoms with Crippen molar-refractivity contribution in [2.75, 3.05) is 19.8 Å². The fourth-order valence-electron chi connectivity index (χ4n) is 2.28. The molecule has 27 heavy (non-hydrogen) atoms. The van der Waals surface area contributed by atoms with E-state index in [0.29, 0.717) is 6.61 Å². The molecule has 0 spiro atoms. The van der Waals surface area contributed by atoms with Gasteiger partial charge in [-0.05, 0) is 18.4 Å². The van der Waals surface area contributed by atoms with Gasteiger partial charge in [0.1, 0.15) is 6.61 Å². The van der Waals surface area contributed by atoms with E-state index in [1.165, 1.54) is 6.08 Å². The van der Waals surface area contributed by atoms with Gasteiger partial charge in [0.2, 0.25) is 0 Å². The van der Waals surface area contributed by atoms with Crippen LogP contribution in [0.15, 0.2) is 55.6 Å². The molecule has 0 aliphatic rings. The lowest BCUT2D eigenvalue weighted by atomic mass is 9.94. The number of ether oxygens (including phenoxy) is 2. The smallest absolute Gasteiger partial charge is 0.338 e. The predicted octanol–water partition coefficient (Wildman–Crippen LogP) is 3.74. The number of carbonyl (C=O) groups excluding carboxylic acids is 2. The van der Waals surface area contributed by atoms with Crippen molar-refractivity contribution in [2.24, 2.45) is 0 Å². The molecule has 2 unspecified atom stereocenters. The maximum Gasteiger partial charge on any atom is 0.338 e. The van der Waals surface area contributed by atoms with Crippen LogP contribution in [-0.2, 0) is 28.8 Å². The van der Waals surface area contributed by atoms with Gasteiger partial charge in [-0.25, -0.2) is 19.4 Å². The van der Waals surface area contributed by atoms with Crippen molar-refractivity contribution in [3.63, 3.8) is 0 Å². The molecule has 0 fully saturated rings. The molecule has 0 saturated heterocycles. The highest BCUT2D eigenvalue weighted by atomic mass is 17.2. The van der Waals surface area contributed by atoms with Crippen molar-refractivity contribution < 1.29 is 28.8 Å². The Morgan fingerprint density at radius 1 is 1.15 bits per heavy atom. The van der Waals surface area contributed by atoms with E-state index in [1.807, 2.05) is 37.3 Å². The Labute approximate surface area is 160 Å². The summed E-state index contributed by atoms with van der Waals surface area (Å²) in [5.74, 6) is -1.31. The summed E-state index contributed by atoms with van der Waals surface area (Å²) in [6.45, 7) is 9.48. The third-order valence-electron chi connectivity index (χ3n) is 3.74. The third-order valence-corrected chi connectivity index (χ3v) is 3.74. The molecular formula is C21H28O6. The first-order valence-corrected chi connectivity index (χ1v) is 9.02. The highest BCUT2D eigenvalue weighted by Crippen LogP contribution is 2.24. The van der Waals surface area contributed by atoms with E-state index in [4.69, 9.17) is 19.2 Å². The van der Waals surface area contributed by atoms with Gasteiger partial charge in [-0.15, -0.1) is 6.58 Å². The minimum Gasteiger partial charge on any atom is -0.464 e. The van der Waals surface area contributed by atoms with Crippen molar-refractivity contribution in [2.45, 2.75) is 38.2 Å². The Balaban J connectivity index is 2.86. The summed E-state index contributed by atoms with van der Waals surface area (Å²) < 4.78 is 10.5. The highest BCUT2D eigenvalue weighted by Gasteiger charge is 2.28. The van der Waals surface area contributed by atoms with Crippen LogP contribution in [0.2, 0.25) is 0 Å². The molecule has 1 aromatic rings. The van der Waals surface area contributed by atoms with Crippen molar-refractivity contribution in [1.29, 1.82) is 0 Å². The molecule has 148 valence electrons. The molecule has 0 aliphatic heterocycles. The fraction of sp³-hybridized carbons (Fsp3) is 0.429. The predicted molar refractivity (Wildman–Crippen MR) is 102 cm³/mol. The van der Waals surface area contributed by atoms with Crippen molar-refractivity contribution >= 4 is 11.9 Å². The van der Waals surface area contributed by atoms with E-state index in [9.17, 15) is 9.59 Å². The zero-order valence-electron chi connectivity index (χ0n) is 15.8. The summed E-state index contributed by atoms with van der Waals surface area (Å²) in [7, 11) is 0. The van der Waals surface area contributed by atoms with Crippen LogP contribution in [0.4, 0.5) is 0 Å². The topological polar surface area (TPSA) is 71.1 Å². The quantitative estimate of drug-likeness (QED) is 0.123. The van der Waals surface area contributed by atoms with Crippen molar-refractivity contribution in [3.05, 3.63) is 61.2 Å². The van der Waals surface area contributed by atoms with Crippen LogP contribution in [-0.4, -0.2) is 37.9 Å². The van der Waals surface area contributed by atoms with Crippen LogP contribution in [0.5, 0.6) is 0 Å². The number of hydrogen-bond acceptors (Lipinski definition) is 6. The number of hydrogen-bond donors (Lipinski definition) is 0. The van der Waals surface area contributed by atoms with Crippen LogP contribution < -0.4 is 0 Å². The number of carbonyl (C=O) groups is 2. The summed E-state index contributed by atoms with van der Waals surface area (Å²) in [4.78, 5) is 34.1. The molecule has 1 rings (SSSR count). The van der Waals surface area contributed by atoms with Crippen LogP contribution in [0.1, 0.15) is 37.7 Å². The van der Waals surface area contributed by atoms with Gasteiger partial charge in [0.15, 0.2) is 6.10 Å². The maximum absolute atomic E-state index is 12.4. The Hall–Kier alpha value is -2.44. The van der Waals surface area contributed by atoms with Gasteiger partial charge in [-0.3, -0.25) is 0 Å². The van der Waals surface area contributed by atoms with Gasteiger partial charge in [0.25, 0.3) is 0 Å². The summed E-state index contributed by atoms with van der Waals surface area (Å²) in [6.07, 6.45) is 3.58. The molecule has 2 atom stereocenters. The summed E-state index contributed by atoms with van der Waals surface area (Å²) in [5.41, 5.74) is 0.910. The van der Waals surface area contributed by atoms with Crippen LogP contribution in [0.25, 0.3) is 0 Å². The van der Waals surface area contributed by atoms with Gasteiger partial charge >= 0.3 is 11.9 Å². The first-order chi connectivity index (χ1) is 13.1. The summed E-state index contributed by atoms with van der Waals surface area (Å²) in [5, 5.41) is 0. The van der Waals surface area contributed by atoms with E-state index >= 15 is 0 Å². The second-order valence-corrected chi connectivity index (χ2v) is 5.86. The SMILES string of the molecule is C=CCOOC(CC(COC(=O)C=C)c1ccccc1)C(=O)OCCCC. The van der Waals surface area contributed by atoms with Gasteiger partial charge < -0.3 is 9.47 Å². The van der Waals surface area contributed by atoms with E-state index in [1.54, 1.807) is 0 Å². The largest absolute Gasteiger partial charge is 0.464 e. The van der Waals surface area contributed by atoms with E-state index in [0.717, 1.165) is 24.5 Å². The van der Waals surface area contributed by atoms with E-state index < -0.39 is 18.0 Å². The van der Waals surface area contributed by atoms with Gasteiger partial charge in [-0.2, -0.15) is 0 Å². The molecule has 0 bridgehead atoms. The molecule has 0 heterocycles. The molecular weight excluding hydrogens is 348 g/mol. The molecule has 1 aromatic carbocycles. The van der Waals surface area contributed by atoms with Gasteiger partial charge in [-0.1, -0.05) is 56.3 Å².